The van der Waals surface area contributed by atoms with Crippen LogP contribution in [0.15, 0.2) is 0 Å². The Morgan fingerprint density at radius 2 is 1.95 bits per heavy atom. The number of amides is 1. The number of hydrogen-bond donors (Lipinski definition) is 2. The summed E-state index contributed by atoms with van der Waals surface area (Å²) < 4.78 is 23.5. The molecule has 1 aliphatic rings. The lowest BCUT2D eigenvalue weighted by Gasteiger charge is -2.17. The third-order valence-corrected chi connectivity index (χ3v) is 5.20. The minimum Gasteiger partial charge on any atom is -0.481 e. The first-order chi connectivity index (χ1) is 9.35. The first kappa shape index (κ1) is 16.9. The van der Waals surface area contributed by atoms with Crippen molar-refractivity contribution in [3.8, 4) is 0 Å². The molecule has 1 fully saturated rings. The predicted octanol–water partition coefficient (Wildman–Crippen LogP) is 0.961. The van der Waals surface area contributed by atoms with Gasteiger partial charge in [-0.15, -0.1) is 0 Å². The summed E-state index contributed by atoms with van der Waals surface area (Å²) in [4.78, 5) is 22.7. The van der Waals surface area contributed by atoms with E-state index in [1.165, 1.54) is 0 Å². The molecule has 2 atom stereocenters. The molecule has 0 radical (unpaired) electrons. The smallest absolute Gasteiger partial charge is 0.308 e. The van der Waals surface area contributed by atoms with Crippen LogP contribution in [0, 0.1) is 5.92 Å². The Balaban J connectivity index is 2.45. The van der Waals surface area contributed by atoms with Crippen LogP contribution in [0.25, 0.3) is 0 Å². The molecule has 0 heterocycles. The lowest BCUT2D eigenvalue weighted by Crippen LogP contribution is -2.42. The molecule has 0 bridgehead atoms. The minimum absolute atomic E-state index is 0.0152. The van der Waals surface area contributed by atoms with Crippen molar-refractivity contribution >= 4 is 21.7 Å². The predicted molar refractivity (Wildman–Crippen MR) is 75.1 cm³/mol. The first-order valence-electron chi connectivity index (χ1n) is 7.08. The number of aliphatic carboxylic acids is 1. The van der Waals surface area contributed by atoms with Crippen molar-refractivity contribution in [3.05, 3.63) is 0 Å². The van der Waals surface area contributed by atoms with Crippen LogP contribution in [0.4, 0.5) is 0 Å². The number of carboxylic acids is 1. The third-order valence-electron chi connectivity index (χ3n) is 3.59. The molecule has 0 spiro atoms. The lowest BCUT2D eigenvalue weighted by molar-refractivity contribution is -0.142. The molecule has 0 aromatic rings. The van der Waals surface area contributed by atoms with Gasteiger partial charge < -0.3 is 10.4 Å². The maximum absolute atomic E-state index is 11.7. The van der Waals surface area contributed by atoms with Crippen molar-refractivity contribution < 1.29 is 23.1 Å². The van der Waals surface area contributed by atoms with E-state index in [0.717, 1.165) is 19.3 Å². The van der Waals surface area contributed by atoms with Gasteiger partial charge in [-0.2, -0.15) is 0 Å². The van der Waals surface area contributed by atoms with Gasteiger partial charge in [0.05, 0.1) is 11.7 Å². The standard InChI is InChI=1S/C13H23NO5S/c1-2-3-4-8-20(18,19)9-12(15)14-11-7-5-6-10(11)13(16)17/h10-11H,2-9H2,1H3,(H,14,15)(H,16,17)/t10-,11+/m0/s1. The number of unbranched alkanes of at least 4 members (excludes halogenated alkanes) is 2. The molecule has 7 heteroatoms. The van der Waals surface area contributed by atoms with E-state index in [-0.39, 0.29) is 5.75 Å². The van der Waals surface area contributed by atoms with E-state index in [2.05, 4.69) is 5.32 Å². The molecule has 1 saturated carbocycles. The van der Waals surface area contributed by atoms with E-state index in [0.29, 0.717) is 19.3 Å². The van der Waals surface area contributed by atoms with E-state index >= 15 is 0 Å². The van der Waals surface area contributed by atoms with Gasteiger partial charge in [0.15, 0.2) is 9.84 Å². The van der Waals surface area contributed by atoms with Crippen molar-refractivity contribution in [1.82, 2.24) is 5.32 Å². The Morgan fingerprint density at radius 3 is 2.55 bits per heavy atom. The highest BCUT2D eigenvalue weighted by Gasteiger charge is 2.34. The first-order valence-corrected chi connectivity index (χ1v) is 8.90. The summed E-state index contributed by atoms with van der Waals surface area (Å²) in [5, 5.41) is 11.6. The van der Waals surface area contributed by atoms with Crippen molar-refractivity contribution in [1.29, 1.82) is 0 Å². The van der Waals surface area contributed by atoms with Crippen LogP contribution in [0.5, 0.6) is 0 Å². The van der Waals surface area contributed by atoms with Crippen molar-refractivity contribution in [2.24, 2.45) is 5.92 Å². The van der Waals surface area contributed by atoms with E-state index < -0.39 is 39.4 Å². The Hall–Kier alpha value is -1.11. The quantitative estimate of drug-likeness (QED) is 0.651. The lowest BCUT2D eigenvalue weighted by atomic mass is 10.0. The fraction of sp³-hybridized carbons (Fsp3) is 0.846. The number of nitrogens with one attached hydrogen (secondary N) is 1. The van der Waals surface area contributed by atoms with Gasteiger partial charge >= 0.3 is 5.97 Å². The van der Waals surface area contributed by atoms with Crippen LogP contribution in [-0.4, -0.2) is 42.9 Å². The molecular formula is C13H23NO5S. The average molecular weight is 305 g/mol. The molecule has 0 unspecified atom stereocenters. The number of carbonyl (C=O) groups is 2. The minimum atomic E-state index is -3.39. The molecule has 20 heavy (non-hydrogen) atoms. The van der Waals surface area contributed by atoms with Crippen LogP contribution in [0.1, 0.15) is 45.4 Å². The highest BCUT2D eigenvalue weighted by Crippen LogP contribution is 2.25. The molecule has 0 aromatic carbocycles. The number of carbonyl (C=O) groups excluding carboxylic acids is 1. The van der Waals surface area contributed by atoms with E-state index in [1.54, 1.807) is 0 Å². The molecule has 0 aliphatic heterocycles. The summed E-state index contributed by atoms with van der Waals surface area (Å²) in [6.07, 6.45) is 4.18. The fourth-order valence-electron chi connectivity index (χ4n) is 2.52. The average Bonchev–Trinajstić information content (AvgIpc) is 2.76. The van der Waals surface area contributed by atoms with E-state index in [9.17, 15) is 18.0 Å². The Morgan fingerprint density at radius 1 is 1.25 bits per heavy atom. The van der Waals surface area contributed by atoms with Crippen LogP contribution in [0.2, 0.25) is 0 Å². The highest BCUT2D eigenvalue weighted by molar-refractivity contribution is 7.92. The van der Waals surface area contributed by atoms with Crippen LogP contribution >= 0.6 is 0 Å². The van der Waals surface area contributed by atoms with Gasteiger partial charge in [0.2, 0.25) is 5.91 Å². The number of carboxylic acid groups (broad SMARTS) is 1. The zero-order valence-electron chi connectivity index (χ0n) is 11.8. The summed E-state index contributed by atoms with van der Waals surface area (Å²) >= 11 is 0. The zero-order valence-corrected chi connectivity index (χ0v) is 12.6. The van der Waals surface area contributed by atoms with E-state index in [4.69, 9.17) is 5.11 Å². The Labute approximate surface area is 119 Å². The number of rotatable bonds is 8. The van der Waals surface area contributed by atoms with Crippen molar-refractivity contribution in [2.75, 3.05) is 11.5 Å². The van der Waals surface area contributed by atoms with E-state index in [1.807, 2.05) is 6.92 Å². The second-order valence-corrected chi connectivity index (χ2v) is 7.53. The summed E-state index contributed by atoms with van der Waals surface area (Å²) in [5.41, 5.74) is 0. The molecule has 6 nitrogen and oxygen atoms in total. The second-order valence-electron chi connectivity index (χ2n) is 5.35. The number of hydrogen-bond acceptors (Lipinski definition) is 4. The Kier molecular flexibility index (Phi) is 6.45. The largest absolute Gasteiger partial charge is 0.481 e. The zero-order chi connectivity index (χ0) is 15.2. The fourth-order valence-corrected chi connectivity index (χ4v) is 3.79. The highest BCUT2D eigenvalue weighted by atomic mass is 32.2. The topological polar surface area (TPSA) is 101 Å². The van der Waals surface area contributed by atoms with Gasteiger partial charge in [-0.1, -0.05) is 26.2 Å². The molecular weight excluding hydrogens is 282 g/mol. The van der Waals surface area contributed by atoms with Crippen LogP contribution in [-0.2, 0) is 19.4 Å². The van der Waals surface area contributed by atoms with Gasteiger partial charge in [-0.05, 0) is 19.3 Å². The van der Waals surface area contributed by atoms with Gasteiger partial charge in [-0.25, -0.2) is 8.42 Å². The summed E-state index contributed by atoms with van der Waals surface area (Å²) in [7, 11) is -3.39. The van der Waals surface area contributed by atoms with Gasteiger partial charge in [0.25, 0.3) is 0 Å². The molecule has 0 aromatic heterocycles. The Bertz CT molecular complexity index is 446. The van der Waals surface area contributed by atoms with Gasteiger partial charge in [0.1, 0.15) is 5.75 Å². The van der Waals surface area contributed by atoms with Crippen LogP contribution < -0.4 is 5.32 Å². The second kappa shape index (κ2) is 7.61. The number of sulfone groups is 1. The molecule has 1 amide bonds. The van der Waals surface area contributed by atoms with Crippen molar-refractivity contribution in [2.45, 2.75) is 51.5 Å². The third kappa shape index (κ3) is 5.48. The molecule has 1 aliphatic carbocycles. The van der Waals surface area contributed by atoms with Crippen molar-refractivity contribution in [3.63, 3.8) is 0 Å². The monoisotopic (exact) mass is 305 g/mol. The summed E-state index contributed by atoms with van der Waals surface area (Å²) in [6, 6.07) is -0.439. The van der Waals surface area contributed by atoms with Gasteiger partial charge in [-0.3, -0.25) is 9.59 Å². The van der Waals surface area contributed by atoms with Crippen LogP contribution in [0.3, 0.4) is 0 Å². The maximum atomic E-state index is 11.7. The molecule has 1 rings (SSSR count). The summed E-state index contributed by atoms with van der Waals surface area (Å²) in [6.45, 7) is 1.98. The maximum Gasteiger partial charge on any atom is 0.308 e. The molecule has 0 saturated heterocycles. The SMILES string of the molecule is CCCCCS(=O)(=O)CC(=O)N[C@@H]1CCC[C@@H]1C(=O)O. The molecule has 116 valence electrons. The molecule has 2 N–H and O–H groups in total. The van der Waals surface area contributed by atoms with Gasteiger partial charge in [0, 0.05) is 6.04 Å². The summed E-state index contributed by atoms with van der Waals surface area (Å²) in [5.74, 6) is -2.64. The normalized spacial score (nSPS) is 22.6.